The second-order valence-electron chi connectivity index (χ2n) is 3.81. The summed E-state index contributed by atoms with van der Waals surface area (Å²) in [5.41, 5.74) is 4.35. The third kappa shape index (κ3) is 2.99. The number of nitrogens with zero attached hydrogens (tertiary/aromatic N) is 1. The van der Waals surface area contributed by atoms with Gasteiger partial charge >= 0.3 is 0 Å². The zero-order valence-corrected chi connectivity index (χ0v) is 14.4. The fraction of sp³-hybridized carbons (Fsp3) is 0.143. The van der Waals surface area contributed by atoms with Crippen LogP contribution in [0.2, 0.25) is 0 Å². The molecule has 0 saturated heterocycles. The van der Waals surface area contributed by atoms with Gasteiger partial charge in [0.05, 0.1) is 0 Å². The molecule has 0 atom stereocenters. The van der Waals surface area contributed by atoms with Crippen molar-refractivity contribution >= 4 is 21.6 Å². The molecular formula is C14H13BrNY-. The monoisotopic (exact) mass is 363 g/mol. The molecule has 0 spiro atoms. The van der Waals surface area contributed by atoms with E-state index in [0.717, 1.165) is 27.0 Å². The van der Waals surface area contributed by atoms with Gasteiger partial charge in [0.2, 0.25) is 0 Å². The van der Waals surface area contributed by atoms with Crippen LogP contribution in [0.5, 0.6) is 0 Å². The van der Waals surface area contributed by atoms with E-state index in [9.17, 15) is 0 Å². The van der Waals surface area contributed by atoms with Gasteiger partial charge in [-0.25, -0.2) is 0 Å². The van der Waals surface area contributed by atoms with Gasteiger partial charge in [-0.05, 0) is 10.2 Å². The molecule has 1 nitrogen and oxygen atoms in total. The molecule has 1 aliphatic rings. The van der Waals surface area contributed by atoms with Crippen molar-refractivity contribution in [1.29, 1.82) is 0 Å². The molecule has 3 heteroatoms. The summed E-state index contributed by atoms with van der Waals surface area (Å²) in [6, 6.07) is 8.14. The number of hydrogen-bond acceptors (Lipinski definition) is 1. The quantitative estimate of drug-likeness (QED) is 0.682. The van der Waals surface area contributed by atoms with Gasteiger partial charge in [-0.2, -0.15) is 12.2 Å². The molecule has 0 amide bonds. The zero-order chi connectivity index (χ0) is 11.7. The summed E-state index contributed by atoms with van der Waals surface area (Å²) in [6.45, 7) is 6.11. The number of likely N-dealkylation sites (N-methyl/N-ethyl adjacent to an activating group) is 1. The first-order valence-electron chi connectivity index (χ1n) is 5.09. The average molecular weight is 364 g/mol. The van der Waals surface area contributed by atoms with Crippen molar-refractivity contribution in [3.8, 4) is 0 Å². The van der Waals surface area contributed by atoms with Crippen LogP contribution in [0.1, 0.15) is 12.5 Å². The summed E-state index contributed by atoms with van der Waals surface area (Å²) >= 11 is 3.56. The molecule has 0 saturated carbocycles. The Morgan fingerprint density at radius 1 is 1.29 bits per heavy atom. The third-order valence-electron chi connectivity index (χ3n) is 2.75. The first kappa shape index (κ1) is 14.9. The largest absolute Gasteiger partial charge is 0.378 e. The van der Waals surface area contributed by atoms with E-state index >= 15 is 0 Å². The van der Waals surface area contributed by atoms with E-state index < -0.39 is 0 Å². The molecule has 1 aromatic rings. The van der Waals surface area contributed by atoms with Gasteiger partial charge in [-0.1, -0.05) is 58.9 Å². The summed E-state index contributed by atoms with van der Waals surface area (Å²) in [7, 11) is 2.01. The zero-order valence-electron chi connectivity index (χ0n) is 10.00. The molecule has 85 valence electrons. The van der Waals surface area contributed by atoms with Crippen LogP contribution in [0.3, 0.4) is 0 Å². The molecule has 1 heterocycles. The van der Waals surface area contributed by atoms with E-state index in [1.165, 1.54) is 0 Å². The van der Waals surface area contributed by atoms with Gasteiger partial charge < -0.3 is 4.90 Å². The number of hydrogen-bond donors (Lipinski definition) is 0. The Morgan fingerprint density at radius 3 is 2.59 bits per heavy atom. The van der Waals surface area contributed by atoms with Gasteiger partial charge in [0.25, 0.3) is 0 Å². The van der Waals surface area contributed by atoms with Crippen LogP contribution in [-0.4, -0.2) is 11.9 Å². The van der Waals surface area contributed by atoms with Crippen LogP contribution in [0.25, 0.3) is 5.70 Å². The maximum absolute atomic E-state index is 4.06. The Morgan fingerprint density at radius 2 is 1.94 bits per heavy atom. The predicted molar refractivity (Wildman–Crippen MR) is 71.5 cm³/mol. The van der Waals surface area contributed by atoms with Crippen LogP contribution < -0.4 is 0 Å². The number of allylic oxidation sites excluding steroid dienone is 3. The average Bonchev–Trinajstić information content (AvgIpc) is 2.28. The molecular weight excluding hydrogens is 351 g/mol. The van der Waals surface area contributed by atoms with E-state index in [2.05, 4.69) is 39.6 Å². The molecule has 0 aliphatic carbocycles. The summed E-state index contributed by atoms with van der Waals surface area (Å²) in [5.74, 6) is 0. The third-order valence-corrected chi connectivity index (χ3v) is 3.44. The maximum Gasteiger partial charge on any atom is 0.00846 e. The van der Waals surface area contributed by atoms with E-state index in [0.29, 0.717) is 0 Å². The van der Waals surface area contributed by atoms with Crippen molar-refractivity contribution in [2.45, 2.75) is 6.92 Å². The number of rotatable bonds is 1. The summed E-state index contributed by atoms with van der Waals surface area (Å²) in [4.78, 5) is 2.06. The van der Waals surface area contributed by atoms with Gasteiger partial charge in [-0.3, -0.25) is 0 Å². The molecule has 1 aromatic carbocycles. The van der Waals surface area contributed by atoms with E-state index in [1.807, 2.05) is 38.2 Å². The van der Waals surface area contributed by atoms with Gasteiger partial charge in [-0.15, -0.1) is 11.6 Å². The van der Waals surface area contributed by atoms with Crippen molar-refractivity contribution in [2.75, 3.05) is 7.05 Å². The minimum absolute atomic E-state index is 0. The fourth-order valence-corrected chi connectivity index (χ4v) is 2.14. The molecule has 2 rings (SSSR count). The van der Waals surface area contributed by atoms with Crippen LogP contribution in [-0.2, 0) is 32.7 Å². The maximum atomic E-state index is 4.06. The van der Waals surface area contributed by atoms with E-state index in [1.54, 1.807) is 0 Å². The Kier molecular flexibility index (Phi) is 5.36. The summed E-state index contributed by atoms with van der Waals surface area (Å²) in [5, 5.41) is 0. The molecule has 0 N–H and O–H groups in total. The van der Waals surface area contributed by atoms with Crippen LogP contribution in [0, 0.1) is 6.08 Å². The van der Waals surface area contributed by atoms with Crippen molar-refractivity contribution in [2.24, 2.45) is 0 Å². The second kappa shape index (κ2) is 6.13. The molecule has 0 unspecified atom stereocenters. The molecule has 17 heavy (non-hydrogen) atoms. The summed E-state index contributed by atoms with van der Waals surface area (Å²) < 4.78 is 1.07. The Bertz CT molecular complexity index is 503. The van der Waals surface area contributed by atoms with Crippen LogP contribution >= 0.6 is 15.9 Å². The fourth-order valence-electron chi connectivity index (χ4n) is 1.67. The minimum Gasteiger partial charge on any atom is -0.378 e. The number of halogens is 1. The standard InChI is InChI=1S/C14H13BrN.Y/c1-10-8-9-14(16(3)11(10)2)12-6-4-5-7-13(12)15;/h4-8H,2H2,1,3H3;/q-1;. The minimum atomic E-state index is 0. The van der Waals surface area contributed by atoms with Crippen LogP contribution in [0.15, 0.2) is 52.7 Å². The molecule has 1 aliphatic heterocycles. The van der Waals surface area contributed by atoms with Crippen molar-refractivity contribution < 1.29 is 32.7 Å². The van der Waals surface area contributed by atoms with Crippen molar-refractivity contribution in [3.05, 3.63) is 64.3 Å². The normalized spacial score (nSPS) is 15.0. The van der Waals surface area contributed by atoms with Crippen LogP contribution in [0.4, 0.5) is 0 Å². The van der Waals surface area contributed by atoms with Gasteiger partial charge in [0, 0.05) is 39.8 Å². The molecule has 0 bridgehead atoms. The predicted octanol–water partition coefficient (Wildman–Crippen LogP) is 4.00. The Labute approximate surface area is 136 Å². The van der Waals surface area contributed by atoms with Crippen molar-refractivity contribution in [3.63, 3.8) is 0 Å². The molecule has 1 radical (unpaired) electrons. The topological polar surface area (TPSA) is 3.24 Å². The summed E-state index contributed by atoms with van der Waals surface area (Å²) in [6.07, 6.45) is 5.28. The van der Waals surface area contributed by atoms with E-state index in [-0.39, 0.29) is 32.7 Å². The first-order chi connectivity index (χ1) is 7.61. The Balaban J connectivity index is 0.00000144. The first-order valence-corrected chi connectivity index (χ1v) is 5.88. The van der Waals surface area contributed by atoms with Gasteiger partial charge in [0.1, 0.15) is 0 Å². The number of benzene rings is 1. The van der Waals surface area contributed by atoms with E-state index in [4.69, 9.17) is 0 Å². The smallest absolute Gasteiger partial charge is 0.00846 e. The Hall–Kier alpha value is -0.176. The SMILES string of the molecule is C=C1C(C)=C[C-]=C(c2ccccc2Br)N1C.[Y]. The van der Waals surface area contributed by atoms with Crippen molar-refractivity contribution in [1.82, 2.24) is 4.90 Å². The molecule has 0 aromatic heterocycles. The molecule has 0 fully saturated rings. The van der Waals surface area contributed by atoms with Gasteiger partial charge in [0.15, 0.2) is 0 Å². The second-order valence-corrected chi connectivity index (χ2v) is 4.66.